The highest BCUT2D eigenvalue weighted by Gasteiger charge is 2.00. The molecule has 3 heteroatoms. The summed E-state index contributed by atoms with van der Waals surface area (Å²) in [5.41, 5.74) is 1.01. The Bertz CT molecular complexity index is 452. The molecular formula is C11H10N2O. The van der Waals surface area contributed by atoms with Crippen LogP contribution in [0.4, 0.5) is 5.82 Å². The number of H-pyrrole nitrogens is 1. The number of aromatic nitrogens is 1. The number of para-hydroxylation sites is 1. The molecule has 0 aliphatic heterocycles. The molecule has 0 aliphatic carbocycles. The van der Waals surface area contributed by atoms with Crippen LogP contribution in [0.3, 0.4) is 0 Å². The maximum Gasteiger partial charge on any atom is 0.248 e. The molecule has 1 aromatic carbocycles. The topological polar surface area (TPSA) is 44.9 Å². The molecule has 1 aromatic heterocycles. The van der Waals surface area contributed by atoms with Crippen LogP contribution in [-0.2, 0) is 4.79 Å². The third-order valence-corrected chi connectivity index (χ3v) is 1.97. The van der Waals surface area contributed by atoms with Crippen LogP contribution in [0, 0.1) is 0 Å². The Balaban J connectivity index is 2.35. The Kier molecular flexibility index (Phi) is 2.07. The van der Waals surface area contributed by atoms with E-state index in [2.05, 4.69) is 16.9 Å². The first-order valence-corrected chi connectivity index (χ1v) is 4.31. The Morgan fingerprint density at radius 1 is 1.43 bits per heavy atom. The first-order valence-electron chi connectivity index (χ1n) is 4.31. The summed E-state index contributed by atoms with van der Waals surface area (Å²) >= 11 is 0. The van der Waals surface area contributed by atoms with E-state index in [1.54, 1.807) is 0 Å². The third kappa shape index (κ3) is 1.52. The van der Waals surface area contributed by atoms with Gasteiger partial charge in [0.2, 0.25) is 5.91 Å². The van der Waals surface area contributed by atoms with Gasteiger partial charge in [-0.05, 0) is 18.2 Å². The van der Waals surface area contributed by atoms with Crippen LogP contribution in [-0.4, -0.2) is 10.9 Å². The highest BCUT2D eigenvalue weighted by Crippen LogP contribution is 2.17. The lowest BCUT2D eigenvalue weighted by Crippen LogP contribution is -2.07. The van der Waals surface area contributed by atoms with Gasteiger partial charge in [0.1, 0.15) is 5.82 Å². The van der Waals surface area contributed by atoms with Crippen LogP contribution in [0.2, 0.25) is 0 Å². The first kappa shape index (κ1) is 8.56. The van der Waals surface area contributed by atoms with Crippen LogP contribution >= 0.6 is 0 Å². The summed E-state index contributed by atoms with van der Waals surface area (Å²) in [5.74, 6) is 0.479. The Morgan fingerprint density at radius 2 is 2.21 bits per heavy atom. The molecule has 0 fully saturated rings. The van der Waals surface area contributed by atoms with Crippen molar-refractivity contribution in [2.45, 2.75) is 0 Å². The fraction of sp³-hybridized carbons (Fsp3) is 0. The monoisotopic (exact) mass is 186 g/mol. The third-order valence-electron chi connectivity index (χ3n) is 1.97. The van der Waals surface area contributed by atoms with Crippen LogP contribution in [0.25, 0.3) is 10.9 Å². The van der Waals surface area contributed by atoms with Crippen LogP contribution in [0.1, 0.15) is 0 Å². The summed E-state index contributed by atoms with van der Waals surface area (Å²) in [7, 11) is 0. The molecule has 2 rings (SSSR count). The number of aromatic amines is 1. The predicted octanol–water partition coefficient (Wildman–Crippen LogP) is 2.29. The smallest absolute Gasteiger partial charge is 0.248 e. The van der Waals surface area contributed by atoms with Crippen molar-refractivity contribution in [3.8, 4) is 0 Å². The molecule has 1 amide bonds. The van der Waals surface area contributed by atoms with Crippen molar-refractivity contribution < 1.29 is 4.79 Å². The molecule has 0 unspecified atom stereocenters. The van der Waals surface area contributed by atoms with Gasteiger partial charge in [-0.1, -0.05) is 24.8 Å². The van der Waals surface area contributed by atoms with E-state index in [9.17, 15) is 4.79 Å². The highest BCUT2D eigenvalue weighted by atomic mass is 16.1. The van der Waals surface area contributed by atoms with Gasteiger partial charge in [-0.25, -0.2) is 0 Å². The van der Waals surface area contributed by atoms with Crippen molar-refractivity contribution in [2.75, 3.05) is 5.32 Å². The number of anilines is 1. The molecule has 0 spiro atoms. The van der Waals surface area contributed by atoms with Gasteiger partial charge in [-0.15, -0.1) is 0 Å². The molecular weight excluding hydrogens is 176 g/mol. The maximum absolute atomic E-state index is 11.0. The highest BCUT2D eigenvalue weighted by molar-refractivity contribution is 6.00. The number of benzene rings is 1. The van der Waals surface area contributed by atoms with Gasteiger partial charge in [0, 0.05) is 10.9 Å². The van der Waals surface area contributed by atoms with Crippen LogP contribution in [0.15, 0.2) is 43.0 Å². The average Bonchev–Trinajstić information content (AvgIpc) is 2.59. The molecule has 0 saturated heterocycles. The lowest BCUT2D eigenvalue weighted by molar-refractivity contribution is -0.111. The second kappa shape index (κ2) is 3.38. The molecule has 0 radical (unpaired) electrons. The van der Waals surface area contributed by atoms with Crippen molar-refractivity contribution in [3.63, 3.8) is 0 Å². The first-order chi connectivity index (χ1) is 6.79. The minimum Gasteiger partial charge on any atom is -0.341 e. The maximum atomic E-state index is 11.0. The van der Waals surface area contributed by atoms with E-state index in [4.69, 9.17) is 0 Å². The number of fused-ring (bicyclic) bond motifs is 1. The fourth-order valence-corrected chi connectivity index (χ4v) is 1.32. The summed E-state index contributed by atoms with van der Waals surface area (Å²) < 4.78 is 0. The van der Waals surface area contributed by atoms with Gasteiger partial charge in [-0.2, -0.15) is 0 Å². The number of carbonyl (C=O) groups is 1. The summed E-state index contributed by atoms with van der Waals surface area (Å²) in [5, 5.41) is 3.74. The van der Waals surface area contributed by atoms with Crippen LogP contribution < -0.4 is 5.32 Å². The molecule has 0 atom stereocenters. The van der Waals surface area contributed by atoms with E-state index in [0.717, 1.165) is 10.9 Å². The number of amides is 1. The molecule has 2 aromatic rings. The molecule has 70 valence electrons. The molecule has 14 heavy (non-hydrogen) atoms. The molecule has 1 heterocycles. The lowest BCUT2D eigenvalue weighted by atomic mass is 10.2. The lowest BCUT2D eigenvalue weighted by Gasteiger charge is -1.95. The van der Waals surface area contributed by atoms with E-state index >= 15 is 0 Å². The number of hydrogen-bond donors (Lipinski definition) is 2. The van der Waals surface area contributed by atoms with Gasteiger partial charge in [0.05, 0.1) is 0 Å². The summed E-state index contributed by atoms with van der Waals surface area (Å²) in [6, 6.07) is 9.72. The molecule has 2 N–H and O–H groups in total. The normalized spacial score (nSPS) is 10.0. The summed E-state index contributed by atoms with van der Waals surface area (Å²) in [6.45, 7) is 3.38. The summed E-state index contributed by atoms with van der Waals surface area (Å²) in [4.78, 5) is 14.1. The van der Waals surface area contributed by atoms with E-state index in [1.807, 2.05) is 30.3 Å². The van der Waals surface area contributed by atoms with Crippen molar-refractivity contribution in [2.24, 2.45) is 0 Å². The van der Waals surface area contributed by atoms with Crippen molar-refractivity contribution >= 4 is 22.6 Å². The second-order valence-corrected chi connectivity index (χ2v) is 2.96. The Hall–Kier alpha value is -2.03. The predicted molar refractivity (Wildman–Crippen MR) is 57.1 cm³/mol. The van der Waals surface area contributed by atoms with Crippen molar-refractivity contribution in [1.29, 1.82) is 0 Å². The van der Waals surface area contributed by atoms with E-state index in [-0.39, 0.29) is 5.91 Å². The minimum atomic E-state index is -0.212. The van der Waals surface area contributed by atoms with E-state index in [1.165, 1.54) is 6.08 Å². The molecule has 0 bridgehead atoms. The van der Waals surface area contributed by atoms with Gasteiger partial charge in [0.15, 0.2) is 0 Å². The van der Waals surface area contributed by atoms with E-state index in [0.29, 0.717) is 5.82 Å². The van der Waals surface area contributed by atoms with Gasteiger partial charge in [-0.3, -0.25) is 4.79 Å². The minimum absolute atomic E-state index is 0.212. The average molecular weight is 186 g/mol. The standard InChI is InChI=1S/C11H10N2O/c1-2-11(14)13-10-7-8-5-3-4-6-9(8)12-10/h2-7,12H,1H2,(H,13,14). The zero-order valence-corrected chi connectivity index (χ0v) is 7.58. The largest absolute Gasteiger partial charge is 0.341 e. The fourth-order valence-electron chi connectivity index (χ4n) is 1.32. The number of carbonyl (C=O) groups excluding carboxylic acids is 1. The zero-order valence-electron chi connectivity index (χ0n) is 7.58. The number of nitrogens with one attached hydrogen (secondary N) is 2. The van der Waals surface area contributed by atoms with Gasteiger partial charge in [0.25, 0.3) is 0 Å². The quantitative estimate of drug-likeness (QED) is 0.694. The van der Waals surface area contributed by atoms with Gasteiger partial charge < -0.3 is 10.3 Å². The van der Waals surface area contributed by atoms with Crippen molar-refractivity contribution in [3.05, 3.63) is 43.0 Å². The summed E-state index contributed by atoms with van der Waals surface area (Å²) in [6.07, 6.45) is 1.24. The number of hydrogen-bond acceptors (Lipinski definition) is 1. The Morgan fingerprint density at radius 3 is 2.93 bits per heavy atom. The zero-order chi connectivity index (χ0) is 9.97. The van der Waals surface area contributed by atoms with Crippen LogP contribution in [0.5, 0.6) is 0 Å². The van der Waals surface area contributed by atoms with Gasteiger partial charge >= 0.3 is 0 Å². The molecule has 0 saturated carbocycles. The van der Waals surface area contributed by atoms with Crippen molar-refractivity contribution in [1.82, 2.24) is 4.98 Å². The molecule has 0 aliphatic rings. The Labute approximate surface area is 81.4 Å². The second-order valence-electron chi connectivity index (χ2n) is 2.96. The SMILES string of the molecule is C=CC(=O)Nc1cc2ccccc2[nH]1. The van der Waals surface area contributed by atoms with E-state index < -0.39 is 0 Å². The molecule has 3 nitrogen and oxygen atoms in total. The number of rotatable bonds is 2.